The lowest BCUT2D eigenvalue weighted by atomic mass is 9.97. The number of anilines is 1. The number of benzene rings is 1. The van der Waals surface area contributed by atoms with Crippen LogP contribution in [0.5, 0.6) is 0 Å². The van der Waals surface area contributed by atoms with Gasteiger partial charge in [-0.3, -0.25) is 9.59 Å². The number of carbonyl (C=O) groups excluding carboxylic acids is 1. The average molecular weight is 429 g/mol. The molecule has 7 nitrogen and oxygen atoms in total. The van der Waals surface area contributed by atoms with Gasteiger partial charge in [0.1, 0.15) is 5.82 Å². The lowest BCUT2D eigenvalue weighted by Gasteiger charge is -2.31. The van der Waals surface area contributed by atoms with Gasteiger partial charge in [0, 0.05) is 31.2 Å². The third kappa shape index (κ3) is 5.31. The van der Waals surface area contributed by atoms with E-state index in [0.29, 0.717) is 43.7 Å². The van der Waals surface area contributed by atoms with Gasteiger partial charge >= 0.3 is 5.97 Å². The lowest BCUT2D eigenvalue weighted by Crippen LogP contribution is -2.40. The standard InChI is InChI=1S/C23H29FN4O3/c1-31-23(30)16-8-11-28(12-9-16)21-22(29)26-14-18(27-21)3-2-10-25-20-13-19(20)15-4-6-17(24)7-5-15/h4-7,14,16,19-20,25H,2-3,8-13H2,1H3,(H,26,29)/t19-,20+/m0/s1. The molecule has 2 aromatic rings. The van der Waals surface area contributed by atoms with E-state index in [4.69, 9.17) is 4.74 Å². The number of aromatic nitrogens is 2. The van der Waals surface area contributed by atoms with E-state index in [1.54, 1.807) is 6.20 Å². The van der Waals surface area contributed by atoms with Crippen LogP contribution in [0.25, 0.3) is 0 Å². The molecule has 8 heteroatoms. The molecule has 0 amide bonds. The largest absolute Gasteiger partial charge is 0.469 e. The van der Waals surface area contributed by atoms with E-state index in [2.05, 4.69) is 15.3 Å². The summed E-state index contributed by atoms with van der Waals surface area (Å²) in [5, 5.41) is 3.55. The molecule has 0 bridgehead atoms. The Morgan fingerprint density at radius 2 is 2.03 bits per heavy atom. The Kier molecular flexibility index (Phi) is 6.65. The summed E-state index contributed by atoms with van der Waals surface area (Å²) >= 11 is 0. The van der Waals surface area contributed by atoms with Gasteiger partial charge in [0.25, 0.3) is 5.56 Å². The van der Waals surface area contributed by atoms with Crippen molar-refractivity contribution in [3.05, 3.63) is 57.9 Å². The Labute approximate surface area is 181 Å². The second-order valence-electron chi connectivity index (χ2n) is 8.39. The van der Waals surface area contributed by atoms with Crippen LogP contribution in [0.3, 0.4) is 0 Å². The second-order valence-corrected chi connectivity index (χ2v) is 8.39. The maximum absolute atomic E-state index is 13.0. The Balaban J connectivity index is 1.23. The van der Waals surface area contributed by atoms with Crippen molar-refractivity contribution >= 4 is 11.8 Å². The molecule has 1 saturated heterocycles. The topological polar surface area (TPSA) is 87.3 Å². The van der Waals surface area contributed by atoms with Gasteiger partial charge in [-0.15, -0.1) is 0 Å². The molecule has 1 aliphatic carbocycles. The summed E-state index contributed by atoms with van der Waals surface area (Å²) in [4.78, 5) is 33.3. The summed E-state index contributed by atoms with van der Waals surface area (Å²) in [6.45, 7) is 2.10. The molecule has 2 fully saturated rings. The van der Waals surface area contributed by atoms with E-state index in [-0.39, 0.29) is 23.3 Å². The molecule has 166 valence electrons. The molecule has 0 radical (unpaired) electrons. The van der Waals surface area contributed by atoms with Crippen molar-refractivity contribution in [3.63, 3.8) is 0 Å². The summed E-state index contributed by atoms with van der Waals surface area (Å²) in [7, 11) is 1.41. The number of piperidine rings is 1. The van der Waals surface area contributed by atoms with Gasteiger partial charge in [0.05, 0.1) is 18.7 Å². The summed E-state index contributed by atoms with van der Waals surface area (Å²) in [6.07, 6.45) is 5.77. The summed E-state index contributed by atoms with van der Waals surface area (Å²) in [5.74, 6) is 0.420. The number of ether oxygens (including phenoxy) is 1. The molecule has 1 aromatic carbocycles. The lowest BCUT2D eigenvalue weighted by molar-refractivity contribution is -0.146. The van der Waals surface area contributed by atoms with Crippen LogP contribution in [0.1, 0.15) is 42.9 Å². The molecular formula is C23H29FN4O3. The van der Waals surface area contributed by atoms with Crippen molar-refractivity contribution in [2.24, 2.45) is 5.92 Å². The number of esters is 1. The van der Waals surface area contributed by atoms with E-state index < -0.39 is 0 Å². The first kappa shape index (κ1) is 21.5. The van der Waals surface area contributed by atoms with Crippen LogP contribution in [0.2, 0.25) is 0 Å². The number of nitrogens with zero attached hydrogens (tertiary/aromatic N) is 2. The zero-order valence-electron chi connectivity index (χ0n) is 17.8. The molecular weight excluding hydrogens is 399 g/mol. The summed E-state index contributed by atoms with van der Waals surface area (Å²) in [5.41, 5.74) is 1.85. The Hall–Kier alpha value is -2.74. The first-order chi connectivity index (χ1) is 15.0. The highest BCUT2D eigenvalue weighted by Crippen LogP contribution is 2.40. The Morgan fingerprint density at radius 3 is 2.74 bits per heavy atom. The first-order valence-corrected chi connectivity index (χ1v) is 11.0. The van der Waals surface area contributed by atoms with Crippen molar-refractivity contribution in [2.75, 3.05) is 31.6 Å². The van der Waals surface area contributed by atoms with Gasteiger partial charge in [0.15, 0.2) is 5.82 Å². The maximum atomic E-state index is 13.0. The van der Waals surface area contributed by atoms with Crippen LogP contribution < -0.4 is 15.8 Å². The molecule has 2 aliphatic rings. The van der Waals surface area contributed by atoms with E-state index in [1.165, 1.54) is 24.8 Å². The van der Waals surface area contributed by atoms with Gasteiger partial charge < -0.3 is 19.9 Å². The van der Waals surface area contributed by atoms with Gasteiger partial charge in [-0.25, -0.2) is 9.37 Å². The third-order valence-electron chi connectivity index (χ3n) is 6.26. The van der Waals surface area contributed by atoms with Gasteiger partial charge in [-0.1, -0.05) is 12.1 Å². The van der Waals surface area contributed by atoms with Crippen molar-refractivity contribution in [3.8, 4) is 0 Å². The van der Waals surface area contributed by atoms with Crippen molar-refractivity contribution in [1.29, 1.82) is 0 Å². The molecule has 0 unspecified atom stereocenters. The third-order valence-corrected chi connectivity index (χ3v) is 6.26. The number of aromatic amines is 1. The van der Waals surface area contributed by atoms with Crippen LogP contribution in [0, 0.1) is 11.7 Å². The summed E-state index contributed by atoms with van der Waals surface area (Å²) in [6, 6.07) is 7.20. The molecule has 2 atom stereocenters. The quantitative estimate of drug-likeness (QED) is 0.496. The van der Waals surface area contributed by atoms with Gasteiger partial charge in [-0.05, 0) is 56.3 Å². The molecule has 2 N–H and O–H groups in total. The highest BCUT2D eigenvalue weighted by Gasteiger charge is 2.37. The number of nitrogens with one attached hydrogen (secondary N) is 2. The fourth-order valence-corrected chi connectivity index (χ4v) is 4.32. The smallest absolute Gasteiger partial charge is 0.308 e. The van der Waals surface area contributed by atoms with Gasteiger partial charge in [0.2, 0.25) is 0 Å². The van der Waals surface area contributed by atoms with Crippen molar-refractivity contribution < 1.29 is 13.9 Å². The maximum Gasteiger partial charge on any atom is 0.308 e. The number of hydrogen-bond donors (Lipinski definition) is 2. The van der Waals surface area contributed by atoms with E-state index in [0.717, 1.165) is 31.5 Å². The zero-order valence-corrected chi connectivity index (χ0v) is 17.8. The van der Waals surface area contributed by atoms with E-state index >= 15 is 0 Å². The van der Waals surface area contributed by atoms with Crippen molar-refractivity contribution in [2.45, 2.75) is 44.1 Å². The Morgan fingerprint density at radius 1 is 1.29 bits per heavy atom. The number of carbonyl (C=O) groups is 1. The highest BCUT2D eigenvalue weighted by atomic mass is 19.1. The monoisotopic (exact) mass is 428 g/mol. The minimum absolute atomic E-state index is 0.101. The normalized spacial score (nSPS) is 21.2. The number of hydrogen-bond acceptors (Lipinski definition) is 6. The van der Waals surface area contributed by atoms with Crippen LogP contribution >= 0.6 is 0 Å². The molecule has 1 aromatic heterocycles. The SMILES string of the molecule is COC(=O)C1CCN(c2nc(CCCN[C@@H]3C[C@H]3c3ccc(F)cc3)c[nH]c2=O)CC1. The molecule has 1 aliphatic heterocycles. The second kappa shape index (κ2) is 9.60. The van der Waals surface area contributed by atoms with E-state index in [9.17, 15) is 14.0 Å². The van der Waals surface area contributed by atoms with Crippen LogP contribution in [0.15, 0.2) is 35.3 Å². The number of methoxy groups -OCH3 is 1. The fraction of sp³-hybridized carbons (Fsp3) is 0.522. The van der Waals surface area contributed by atoms with Gasteiger partial charge in [-0.2, -0.15) is 0 Å². The first-order valence-electron chi connectivity index (χ1n) is 11.0. The number of halogens is 1. The minimum atomic E-state index is -0.200. The number of H-pyrrole nitrogens is 1. The van der Waals surface area contributed by atoms with E-state index in [1.807, 2.05) is 17.0 Å². The molecule has 4 rings (SSSR count). The average Bonchev–Trinajstić information content (AvgIpc) is 3.57. The predicted octanol–water partition coefficient (Wildman–Crippen LogP) is 2.38. The molecule has 1 saturated carbocycles. The van der Waals surface area contributed by atoms with Crippen LogP contribution in [-0.4, -0.2) is 48.7 Å². The Bertz CT molecular complexity index is 954. The number of rotatable bonds is 8. The molecule has 2 heterocycles. The molecule has 0 spiro atoms. The minimum Gasteiger partial charge on any atom is -0.469 e. The fourth-order valence-electron chi connectivity index (χ4n) is 4.32. The molecule has 31 heavy (non-hydrogen) atoms. The van der Waals surface area contributed by atoms with Crippen molar-refractivity contribution in [1.82, 2.24) is 15.3 Å². The van der Waals surface area contributed by atoms with Crippen LogP contribution in [0.4, 0.5) is 10.2 Å². The van der Waals surface area contributed by atoms with Crippen LogP contribution in [-0.2, 0) is 16.0 Å². The highest BCUT2D eigenvalue weighted by molar-refractivity contribution is 5.72. The predicted molar refractivity (Wildman–Crippen MR) is 116 cm³/mol. The number of aryl methyl sites for hydroxylation is 1. The zero-order chi connectivity index (χ0) is 21.8. The summed E-state index contributed by atoms with van der Waals surface area (Å²) < 4.78 is 17.9.